The van der Waals surface area contributed by atoms with E-state index in [-0.39, 0.29) is 0 Å². The lowest BCUT2D eigenvalue weighted by Crippen LogP contribution is -2.21. The van der Waals surface area contributed by atoms with Gasteiger partial charge in [-0.2, -0.15) is 0 Å². The van der Waals surface area contributed by atoms with Crippen molar-refractivity contribution in [3.8, 4) is 0 Å². The van der Waals surface area contributed by atoms with Gasteiger partial charge in [0.1, 0.15) is 0 Å². The first-order chi connectivity index (χ1) is 8.65. The van der Waals surface area contributed by atoms with Crippen LogP contribution in [-0.2, 0) is 17.8 Å². The Balaban J connectivity index is 2.06. The summed E-state index contributed by atoms with van der Waals surface area (Å²) in [5, 5.41) is 9.24. The van der Waals surface area contributed by atoms with E-state index in [1.807, 2.05) is 24.3 Å². The summed E-state index contributed by atoms with van der Waals surface area (Å²) in [5.41, 5.74) is 1.02. The Morgan fingerprint density at radius 1 is 1.39 bits per heavy atom. The first kappa shape index (κ1) is 12.8. The molecule has 2 rings (SSSR count). The van der Waals surface area contributed by atoms with Gasteiger partial charge in [0.05, 0.1) is 12.2 Å². The quantitative estimate of drug-likeness (QED) is 0.923. The molecule has 0 fully saturated rings. The molecule has 94 valence electrons. The summed E-state index contributed by atoms with van der Waals surface area (Å²) >= 11 is 3.36. The number of hydrogen-bond acceptors (Lipinski definition) is 2. The van der Waals surface area contributed by atoms with Crippen LogP contribution in [0.1, 0.15) is 5.56 Å². The van der Waals surface area contributed by atoms with Gasteiger partial charge in [-0.25, -0.2) is 4.98 Å². The number of rotatable bonds is 5. The lowest BCUT2D eigenvalue weighted by Gasteiger charge is -2.13. The van der Waals surface area contributed by atoms with E-state index in [4.69, 9.17) is 0 Å². The molecule has 1 aromatic heterocycles. The normalized spacial score (nSPS) is 12.3. The van der Waals surface area contributed by atoms with Crippen molar-refractivity contribution in [2.45, 2.75) is 13.0 Å². The van der Waals surface area contributed by atoms with Crippen LogP contribution in [0.3, 0.4) is 0 Å². The predicted molar refractivity (Wildman–Crippen MR) is 71.2 cm³/mol. The zero-order chi connectivity index (χ0) is 13.0. The van der Waals surface area contributed by atoms with E-state index >= 15 is 0 Å². The van der Waals surface area contributed by atoms with E-state index in [0.717, 1.165) is 10.0 Å². The summed E-state index contributed by atoms with van der Waals surface area (Å²) in [4.78, 5) is 15.2. The summed E-state index contributed by atoms with van der Waals surface area (Å²) in [5.74, 6) is -1.23. The number of halogens is 1. The smallest absolute Gasteiger partial charge is 0.308 e. The number of carboxylic acids is 1. The molecule has 1 heterocycles. The van der Waals surface area contributed by atoms with Crippen LogP contribution < -0.4 is 0 Å². The van der Waals surface area contributed by atoms with Crippen LogP contribution in [0.5, 0.6) is 0 Å². The van der Waals surface area contributed by atoms with Gasteiger partial charge in [0.15, 0.2) is 0 Å². The summed E-state index contributed by atoms with van der Waals surface area (Å²) in [6, 6.07) is 7.72. The second kappa shape index (κ2) is 5.82. The highest BCUT2D eigenvalue weighted by Crippen LogP contribution is 2.15. The van der Waals surface area contributed by atoms with Crippen LogP contribution in [0.15, 0.2) is 47.5 Å². The number of hydrogen-bond donors (Lipinski definition) is 1. The van der Waals surface area contributed by atoms with Gasteiger partial charge >= 0.3 is 5.97 Å². The van der Waals surface area contributed by atoms with E-state index in [2.05, 4.69) is 20.9 Å². The summed E-state index contributed by atoms with van der Waals surface area (Å²) in [7, 11) is 0. The first-order valence-corrected chi connectivity index (χ1v) is 6.37. The highest BCUT2D eigenvalue weighted by Gasteiger charge is 2.18. The van der Waals surface area contributed by atoms with Crippen LogP contribution >= 0.6 is 15.9 Å². The third kappa shape index (κ3) is 3.43. The SMILES string of the molecule is O=C(O)C(Cc1ccc(Br)cc1)Cn1ccnc1. The molecule has 0 bridgehead atoms. The Hall–Kier alpha value is -1.62. The van der Waals surface area contributed by atoms with Crippen LogP contribution in [-0.4, -0.2) is 20.6 Å². The summed E-state index contributed by atoms with van der Waals surface area (Å²) < 4.78 is 2.78. The van der Waals surface area contributed by atoms with Gasteiger partial charge in [-0.05, 0) is 24.1 Å². The minimum Gasteiger partial charge on any atom is -0.481 e. The Kier molecular flexibility index (Phi) is 4.15. The maximum atomic E-state index is 11.3. The lowest BCUT2D eigenvalue weighted by atomic mass is 9.99. The molecule has 0 aliphatic heterocycles. The summed E-state index contributed by atoms with van der Waals surface area (Å²) in [6.45, 7) is 0.436. The third-order valence-corrected chi connectivity index (χ3v) is 3.26. The van der Waals surface area contributed by atoms with Crippen molar-refractivity contribution in [3.63, 3.8) is 0 Å². The maximum Gasteiger partial charge on any atom is 0.308 e. The van der Waals surface area contributed by atoms with Crippen molar-refractivity contribution in [1.29, 1.82) is 0 Å². The minimum atomic E-state index is -0.786. The number of carboxylic acid groups (broad SMARTS) is 1. The van der Waals surface area contributed by atoms with E-state index in [1.54, 1.807) is 23.3 Å². The molecule has 1 N–H and O–H groups in total. The van der Waals surface area contributed by atoms with E-state index in [1.165, 1.54) is 0 Å². The van der Waals surface area contributed by atoms with Crippen LogP contribution in [0.2, 0.25) is 0 Å². The van der Waals surface area contributed by atoms with Crippen molar-refractivity contribution in [2.24, 2.45) is 5.92 Å². The third-order valence-electron chi connectivity index (χ3n) is 2.73. The predicted octanol–water partition coefficient (Wildman–Crippen LogP) is 2.59. The Morgan fingerprint density at radius 3 is 2.67 bits per heavy atom. The van der Waals surface area contributed by atoms with Gasteiger partial charge in [-0.15, -0.1) is 0 Å². The van der Waals surface area contributed by atoms with Crippen molar-refractivity contribution in [3.05, 3.63) is 53.0 Å². The topological polar surface area (TPSA) is 55.1 Å². The highest BCUT2D eigenvalue weighted by atomic mass is 79.9. The molecule has 1 aromatic carbocycles. The van der Waals surface area contributed by atoms with Crippen LogP contribution in [0.25, 0.3) is 0 Å². The minimum absolute atomic E-state index is 0.436. The molecule has 0 amide bonds. The van der Waals surface area contributed by atoms with Crippen molar-refractivity contribution < 1.29 is 9.90 Å². The standard InChI is InChI=1S/C13H13BrN2O2/c14-12-3-1-10(2-4-12)7-11(13(17)18)8-16-6-5-15-9-16/h1-6,9,11H,7-8H2,(H,17,18). The number of nitrogens with zero attached hydrogens (tertiary/aromatic N) is 2. The monoisotopic (exact) mass is 308 g/mol. The van der Waals surface area contributed by atoms with Gasteiger partial charge in [0.2, 0.25) is 0 Å². The van der Waals surface area contributed by atoms with E-state index in [0.29, 0.717) is 13.0 Å². The molecule has 4 nitrogen and oxygen atoms in total. The Labute approximate surface area is 113 Å². The number of aromatic nitrogens is 2. The average Bonchev–Trinajstić information content (AvgIpc) is 2.84. The second-order valence-electron chi connectivity index (χ2n) is 4.13. The molecule has 1 atom stereocenters. The molecule has 0 spiro atoms. The van der Waals surface area contributed by atoms with E-state index in [9.17, 15) is 9.90 Å². The molecular weight excluding hydrogens is 296 g/mol. The second-order valence-corrected chi connectivity index (χ2v) is 5.04. The largest absolute Gasteiger partial charge is 0.481 e. The highest BCUT2D eigenvalue weighted by molar-refractivity contribution is 9.10. The molecule has 18 heavy (non-hydrogen) atoms. The van der Waals surface area contributed by atoms with Crippen LogP contribution in [0.4, 0.5) is 0 Å². The fraction of sp³-hybridized carbons (Fsp3) is 0.231. The maximum absolute atomic E-state index is 11.3. The van der Waals surface area contributed by atoms with Crippen LogP contribution in [0, 0.1) is 5.92 Å². The molecule has 0 saturated carbocycles. The van der Waals surface area contributed by atoms with Crippen molar-refractivity contribution >= 4 is 21.9 Å². The molecule has 5 heteroatoms. The molecule has 0 aliphatic carbocycles. The number of benzene rings is 1. The fourth-order valence-electron chi connectivity index (χ4n) is 1.78. The first-order valence-electron chi connectivity index (χ1n) is 5.58. The van der Waals surface area contributed by atoms with E-state index < -0.39 is 11.9 Å². The molecule has 1 unspecified atom stereocenters. The zero-order valence-corrected chi connectivity index (χ0v) is 11.2. The summed E-state index contributed by atoms with van der Waals surface area (Å²) in [6.07, 6.45) is 5.58. The van der Waals surface area contributed by atoms with Gasteiger partial charge in [-0.3, -0.25) is 4.79 Å². The molecule has 0 saturated heterocycles. The molecule has 0 radical (unpaired) electrons. The fourth-order valence-corrected chi connectivity index (χ4v) is 2.05. The molecule has 0 aliphatic rings. The van der Waals surface area contributed by atoms with Gasteiger partial charge < -0.3 is 9.67 Å². The van der Waals surface area contributed by atoms with Gasteiger partial charge in [0, 0.05) is 23.4 Å². The van der Waals surface area contributed by atoms with Gasteiger partial charge in [0.25, 0.3) is 0 Å². The molecular formula is C13H13BrN2O2. The Morgan fingerprint density at radius 2 is 2.11 bits per heavy atom. The molecule has 2 aromatic rings. The van der Waals surface area contributed by atoms with Gasteiger partial charge in [-0.1, -0.05) is 28.1 Å². The van der Waals surface area contributed by atoms with Crippen molar-refractivity contribution in [1.82, 2.24) is 9.55 Å². The van der Waals surface area contributed by atoms with Crippen molar-refractivity contribution in [2.75, 3.05) is 0 Å². The Bertz CT molecular complexity index is 508. The number of aliphatic carboxylic acids is 1. The zero-order valence-electron chi connectivity index (χ0n) is 9.66. The average molecular weight is 309 g/mol. The number of imidazole rings is 1. The number of carbonyl (C=O) groups is 1. The lowest BCUT2D eigenvalue weighted by molar-refractivity contribution is -0.142.